The Labute approximate surface area is 62.9 Å². The van der Waals surface area contributed by atoms with Crippen molar-refractivity contribution in [2.45, 2.75) is 13.3 Å². The SMILES string of the molecule is CC[CH]N(COC)COC. The maximum absolute atomic E-state index is 4.92. The first-order valence-corrected chi connectivity index (χ1v) is 3.40. The second kappa shape index (κ2) is 6.99. The van der Waals surface area contributed by atoms with E-state index in [1.54, 1.807) is 14.2 Å². The van der Waals surface area contributed by atoms with Gasteiger partial charge in [-0.2, -0.15) is 0 Å². The summed E-state index contributed by atoms with van der Waals surface area (Å²) in [5.41, 5.74) is 0. The molecule has 0 fully saturated rings. The summed E-state index contributed by atoms with van der Waals surface area (Å²) in [6.07, 6.45) is 1.01. The fourth-order valence-electron chi connectivity index (χ4n) is 0.733. The molecule has 0 aromatic carbocycles. The molecule has 3 nitrogen and oxygen atoms in total. The summed E-state index contributed by atoms with van der Waals surface area (Å²) in [6.45, 7) is 5.33. The van der Waals surface area contributed by atoms with Crippen LogP contribution in [0.5, 0.6) is 0 Å². The Morgan fingerprint density at radius 1 is 1.20 bits per heavy atom. The van der Waals surface area contributed by atoms with Crippen LogP contribution in [0, 0.1) is 6.54 Å². The van der Waals surface area contributed by atoms with Gasteiger partial charge in [0.2, 0.25) is 0 Å². The Balaban J connectivity index is 3.30. The molecule has 0 amide bonds. The molecule has 0 heterocycles. The normalized spacial score (nSPS) is 10.8. The zero-order valence-corrected chi connectivity index (χ0v) is 6.96. The van der Waals surface area contributed by atoms with Crippen LogP contribution in [0.15, 0.2) is 0 Å². The summed E-state index contributed by atoms with van der Waals surface area (Å²) < 4.78 is 9.85. The van der Waals surface area contributed by atoms with Crippen molar-refractivity contribution >= 4 is 0 Å². The van der Waals surface area contributed by atoms with E-state index in [1.807, 2.05) is 11.4 Å². The molecular formula is C7H16NO2. The lowest BCUT2D eigenvalue weighted by Crippen LogP contribution is -2.25. The van der Waals surface area contributed by atoms with Crippen LogP contribution in [0.4, 0.5) is 0 Å². The van der Waals surface area contributed by atoms with Gasteiger partial charge in [-0.15, -0.1) is 0 Å². The van der Waals surface area contributed by atoms with E-state index in [2.05, 4.69) is 6.92 Å². The molecule has 0 unspecified atom stereocenters. The van der Waals surface area contributed by atoms with Crippen LogP contribution >= 0.6 is 0 Å². The standard InChI is InChI=1S/C7H16NO2/c1-4-5-8(6-9-2)7-10-3/h5H,4,6-7H2,1-3H3. The zero-order chi connectivity index (χ0) is 7.82. The van der Waals surface area contributed by atoms with Crippen LogP contribution in [-0.4, -0.2) is 32.6 Å². The predicted octanol–water partition coefficient (Wildman–Crippen LogP) is 1.07. The Kier molecular flexibility index (Phi) is 6.91. The molecule has 0 bridgehead atoms. The van der Waals surface area contributed by atoms with Gasteiger partial charge in [-0.25, -0.2) is 0 Å². The first-order valence-electron chi connectivity index (χ1n) is 3.40. The third-order valence-electron chi connectivity index (χ3n) is 1.03. The van der Waals surface area contributed by atoms with Crippen LogP contribution in [0.1, 0.15) is 13.3 Å². The van der Waals surface area contributed by atoms with Crippen molar-refractivity contribution < 1.29 is 9.47 Å². The lowest BCUT2D eigenvalue weighted by molar-refractivity contribution is 0.00417. The molecule has 0 aromatic heterocycles. The molecule has 1 radical (unpaired) electrons. The highest BCUT2D eigenvalue weighted by Gasteiger charge is 2.00. The minimum Gasteiger partial charge on any atom is -0.369 e. The molecule has 0 spiro atoms. The fourth-order valence-corrected chi connectivity index (χ4v) is 0.733. The summed E-state index contributed by atoms with van der Waals surface area (Å²) in [5, 5.41) is 0. The molecule has 0 aliphatic heterocycles. The number of ether oxygens (including phenoxy) is 2. The molecule has 0 saturated carbocycles. The van der Waals surface area contributed by atoms with Crippen molar-refractivity contribution in [2.24, 2.45) is 0 Å². The number of rotatable bonds is 6. The number of methoxy groups -OCH3 is 2. The second-order valence-corrected chi connectivity index (χ2v) is 2.02. The summed E-state index contributed by atoms with van der Waals surface area (Å²) in [6, 6.07) is 0. The van der Waals surface area contributed by atoms with E-state index in [4.69, 9.17) is 9.47 Å². The minimum absolute atomic E-state index is 0.599. The molecule has 10 heavy (non-hydrogen) atoms. The third-order valence-corrected chi connectivity index (χ3v) is 1.03. The molecule has 61 valence electrons. The van der Waals surface area contributed by atoms with Gasteiger partial charge in [-0.1, -0.05) is 6.92 Å². The smallest absolute Gasteiger partial charge is 0.101 e. The molecule has 0 N–H and O–H groups in total. The molecule has 0 aliphatic carbocycles. The molecule has 3 heteroatoms. The van der Waals surface area contributed by atoms with Crippen LogP contribution in [-0.2, 0) is 9.47 Å². The fraction of sp³-hybridized carbons (Fsp3) is 0.857. The Morgan fingerprint density at radius 3 is 2.00 bits per heavy atom. The second-order valence-electron chi connectivity index (χ2n) is 2.02. The Morgan fingerprint density at radius 2 is 1.70 bits per heavy atom. The topological polar surface area (TPSA) is 21.7 Å². The van der Waals surface area contributed by atoms with E-state index >= 15 is 0 Å². The Bertz CT molecular complexity index is 54.4. The van der Waals surface area contributed by atoms with Gasteiger partial charge in [0.25, 0.3) is 0 Å². The summed E-state index contributed by atoms with van der Waals surface area (Å²) in [5.74, 6) is 0. The highest BCUT2D eigenvalue weighted by atomic mass is 16.5. The van der Waals surface area contributed by atoms with Crippen LogP contribution < -0.4 is 0 Å². The monoisotopic (exact) mass is 146 g/mol. The van der Waals surface area contributed by atoms with Crippen molar-refractivity contribution in [3.63, 3.8) is 0 Å². The molecule has 0 aliphatic rings. The van der Waals surface area contributed by atoms with Crippen molar-refractivity contribution in [3.8, 4) is 0 Å². The van der Waals surface area contributed by atoms with Gasteiger partial charge < -0.3 is 9.47 Å². The third kappa shape index (κ3) is 4.73. The lowest BCUT2D eigenvalue weighted by Gasteiger charge is -2.18. The highest BCUT2D eigenvalue weighted by molar-refractivity contribution is 4.59. The average molecular weight is 146 g/mol. The summed E-state index contributed by atoms with van der Waals surface area (Å²) >= 11 is 0. The first kappa shape index (κ1) is 9.88. The maximum atomic E-state index is 4.92. The first-order chi connectivity index (χ1) is 4.85. The van der Waals surface area contributed by atoms with Crippen molar-refractivity contribution in [2.75, 3.05) is 27.7 Å². The summed E-state index contributed by atoms with van der Waals surface area (Å²) in [4.78, 5) is 1.97. The van der Waals surface area contributed by atoms with Crippen molar-refractivity contribution in [3.05, 3.63) is 6.54 Å². The van der Waals surface area contributed by atoms with Crippen molar-refractivity contribution in [1.82, 2.24) is 4.90 Å². The quantitative estimate of drug-likeness (QED) is 0.523. The molecule has 0 saturated heterocycles. The van der Waals surface area contributed by atoms with Crippen LogP contribution in [0.3, 0.4) is 0 Å². The van der Waals surface area contributed by atoms with E-state index < -0.39 is 0 Å². The van der Waals surface area contributed by atoms with E-state index in [0.717, 1.165) is 6.42 Å². The maximum Gasteiger partial charge on any atom is 0.101 e. The number of hydrogen-bond donors (Lipinski definition) is 0. The van der Waals surface area contributed by atoms with Gasteiger partial charge in [0.15, 0.2) is 0 Å². The Hall–Kier alpha value is -0.120. The van der Waals surface area contributed by atoms with Crippen LogP contribution in [0.25, 0.3) is 0 Å². The lowest BCUT2D eigenvalue weighted by atomic mass is 10.4. The van der Waals surface area contributed by atoms with E-state index in [-0.39, 0.29) is 0 Å². The molecule has 0 atom stereocenters. The van der Waals surface area contributed by atoms with E-state index in [1.165, 1.54) is 0 Å². The van der Waals surface area contributed by atoms with Gasteiger partial charge in [-0.3, -0.25) is 4.90 Å². The highest BCUT2D eigenvalue weighted by Crippen LogP contribution is 1.95. The van der Waals surface area contributed by atoms with Gasteiger partial charge in [0, 0.05) is 20.8 Å². The van der Waals surface area contributed by atoms with Gasteiger partial charge >= 0.3 is 0 Å². The van der Waals surface area contributed by atoms with Gasteiger partial charge in [-0.05, 0) is 6.42 Å². The van der Waals surface area contributed by atoms with Crippen LogP contribution in [0.2, 0.25) is 0 Å². The minimum atomic E-state index is 0.599. The number of hydrogen-bond acceptors (Lipinski definition) is 3. The zero-order valence-electron chi connectivity index (χ0n) is 6.96. The summed E-state index contributed by atoms with van der Waals surface area (Å²) in [7, 11) is 3.35. The molecular weight excluding hydrogens is 130 g/mol. The number of nitrogens with zero attached hydrogens (tertiary/aromatic N) is 1. The van der Waals surface area contributed by atoms with Gasteiger partial charge in [0.05, 0.1) is 0 Å². The molecule has 0 aromatic rings. The van der Waals surface area contributed by atoms with E-state index in [9.17, 15) is 0 Å². The predicted molar refractivity (Wildman–Crippen MR) is 40.2 cm³/mol. The van der Waals surface area contributed by atoms with Gasteiger partial charge in [0.1, 0.15) is 13.5 Å². The molecule has 0 rings (SSSR count). The average Bonchev–Trinajstić information content (AvgIpc) is 1.90. The van der Waals surface area contributed by atoms with E-state index in [0.29, 0.717) is 13.5 Å². The van der Waals surface area contributed by atoms with Crippen molar-refractivity contribution in [1.29, 1.82) is 0 Å². The largest absolute Gasteiger partial charge is 0.369 e.